The molecule has 0 spiro atoms. The molecule has 10 heteroatoms. The van der Waals surface area contributed by atoms with Crippen LogP contribution in [0.15, 0.2) is 58.9 Å². The Morgan fingerprint density at radius 3 is 2.52 bits per heavy atom. The van der Waals surface area contributed by atoms with Gasteiger partial charge in [0.2, 0.25) is 10.0 Å². The topological polar surface area (TPSA) is 71.7 Å². The second-order valence-corrected chi connectivity index (χ2v) is 10.3. The standard InChI is InChI=1S/C23H25F2N3O3S2/c1-4-7-13-27(6-3)33(30,31)18-10-8-16(9-11-18)22(29)26-23-28(12-5-2)21-19(25)14-17(24)15-20(21)32-23/h5,8-11,14-15H,2,4,6-7,12-13H2,1,3H3. The molecular formula is C23H25F2N3O3S2. The van der Waals surface area contributed by atoms with Gasteiger partial charge in [-0.25, -0.2) is 17.2 Å². The maximum absolute atomic E-state index is 14.4. The molecule has 3 aromatic rings. The molecule has 1 aromatic heterocycles. The predicted molar refractivity (Wildman–Crippen MR) is 126 cm³/mol. The number of fused-ring (bicyclic) bond motifs is 1. The van der Waals surface area contributed by atoms with Gasteiger partial charge in [-0.15, -0.1) is 6.58 Å². The third kappa shape index (κ3) is 5.29. The maximum atomic E-state index is 14.4. The zero-order valence-corrected chi connectivity index (χ0v) is 20.1. The number of nitrogens with zero attached hydrogens (tertiary/aromatic N) is 3. The van der Waals surface area contributed by atoms with Crippen molar-refractivity contribution in [2.45, 2.75) is 38.1 Å². The van der Waals surface area contributed by atoms with Crippen molar-refractivity contribution in [1.29, 1.82) is 0 Å². The maximum Gasteiger partial charge on any atom is 0.279 e. The van der Waals surface area contributed by atoms with Gasteiger partial charge in [-0.2, -0.15) is 9.30 Å². The highest BCUT2D eigenvalue weighted by molar-refractivity contribution is 7.89. The Balaban J connectivity index is 1.97. The highest BCUT2D eigenvalue weighted by atomic mass is 32.2. The van der Waals surface area contributed by atoms with Crippen molar-refractivity contribution < 1.29 is 22.0 Å². The number of sulfonamides is 1. The van der Waals surface area contributed by atoms with Gasteiger partial charge in [0.1, 0.15) is 5.82 Å². The number of hydrogen-bond acceptors (Lipinski definition) is 4. The fourth-order valence-corrected chi connectivity index (χ4v) is 5.93. The third-order valence-corrected chi connectivity index (χ3v) is 8.07. The minimum absolute atomic E-state index is 0.0955. The molecule has 0 saturated carbocycles. The molecule has 6 nitrogen and oxygen atoms in total. The van der Waals surface area contributed by atoms with Crippen LogP contribution in [-0.4, -0.2) is 36.3 Å². The van der Waals surface area contributed by atoms with E-state index in [2.05, 4.69) is 11.6 Å². The van der Waals surface area contributed by atoms with E-state index in [4.69, 9.17) is 0 Å². The van der Waals surface area contributed by atoms with Gasteiger partial charge in [-0.05, 0) is 36.8 Å². The van der Waals surface area contributed by atoms with Crippen LogP contribution in [0, 0.1) is 11.6 Å². The largest absolute Gasteiger partial charge is 0.310 e. The van der Waals surface area contributed by atoms with Gasteiger partial charge < -0.3 is 4.57 Å². The summed E-state index contributed by atoms with van der Waals surface area (Å²) in [5.74, 6) is -2.10. The van der Waals surface area contributed by atoms with Gasteiger partial charge in [-0.3, -0.25) is 4.79 Å². The van der Waals surface area contributed by atoms with Gasteiger partial charge in [0.05, 0.1) is 15.1 Å². The van der Waals surface area contributed by atoms with Gasteiger partial charge in [0.25, 0.3) is 5.91 Å². The quantitative estimate of drug-likeness (QED) is 0.405. The molecule has 0 aliphatic heterocycles. The van der Waals surface area contributed by atoms with Crippen LogP contribution in [0.4, 0.5) is 8.78 Å². The predicted octanol–water partition coefficient (Wildman–Crippen LogP) is 4.72. The molecular weight excluding hydrogens is 468 g/mol. The smallest absolute Gasteiger partial charge is 0.279 e. The molecule has 0 N–H and O–H groups in total. The molecule has 0 aliphatic rings. The first-order valence-electron chi connectivity index (χ1n) is 10.5. The van der Waals surface area contributed by atoms with E-state index in [1.54, 1.807) is 6.92 Å². The molecule has 0 fully saturated rings. The molecule has 0 atom stereocenters. The van der Waals surface area contributed by atoms with Crippen LogP contribution >= 0.6 is 11.3 Å². The Morgan fingerprint density at radius 1 is 1.21 bits per heavy atom. The summed E-state index contributed by atoms with van der Waals surface area (Å²) in [5, 5.41) is 0. The molecule has 1 amide bonds. The van der Waals surface area contributed by atoms with E-state index in [9.17, 15) is 22.0 Å². The Bertz CT molecular complexity index is 1340. The van der Waals surface area contributed by atoms with Crippen molar-refractivity contribution in [3.05, 3.63) is 71.1 Å². The van der Waals surface area contributed by atoms with Crippen molar-refractivity contribution in [2.24, 2.45) is 4.99 Å². The second-order valence-electron chi connectivity index (χ2n) is 7.31. The monoisotopic (exact) mass is 493 g/mol. The van der Waals surface area contributed by atoms with Gasteiger partial charge in [0.15, 0.2) is 10.6 Å². The van der Waals surface area contributed by atoms with Gasteiger partial charge in [0, 0.05) is 31.3 Å². The van der Waals surface area contributed by atoms with Crippen molar-refractivity contribution in [2.75, 3.05) is 13.1 Å². The summed E-state index contributed by atoms with van der Waals surface area (Å²) in [5.41, 5.74) is 0.320. The van der Waals surface area contributed by atoms with Crippen molar-refractivity contribution in [3.8, 4) is 0 Å². The summed E-state index contributed by atoms with van der Waals surface area (Å²) >= 11 is 0.982. The summed E-state index contributed by atoms with van der Waals surface area (Å²) < 4.78 is 56.9. The lowest BCUT2D eigenvalue weighted by atomic mass is 10.2. The number of carbonyl (C=O) groups is 1. The van der Waals surface area contributed by atoms with Crippen molar-refractivity contribution in [3.63, 3.8) is 0 Å². The van der Waals surface area contributed by atoms with Crippen molar-refractivity contribution in [1.82, 2.24) is 8.87 Å². The van der Waals surface area contributed by atoms with Crippen LogP contribution in [0.1, 0.15) is 37.0 Å². The highest BCUT2D eigenvalue weighted by Crippen LogP contribution is 2.23. The molecule has 0 saturated heterocycles. The first-order chi connectivity index (χ1) is 15.7. The molecule has 176 valence electrons. The van der Waals surface area contributed by atoms with E-state index in [-0.39, 0.29) is 27.3 Å². The molecule has 3 rings (SSSR count). The Morgan fingerprint density at radius 2 is 1.91 bits per heavy atom. The van der Waals surface area contributed by atoms with E-state index in [1.165, 1.54) is 45.3 Å². The molecule has 2 aromatic carbocycles. The normalized spacial score (nSPS) is 12.6. The molecule has 0 aliphatic carbocycles. The zero-order chi connectivity index (χ0) is 24.2. The summed E-state index contributed by atoms with van der Waals surface area (Å²) in [7, 11) is -3.66. The number of aromatic nitrogens is 1. The van der Waals surface area contributed by atoms with E-state index in [0.717, 1.165) is 30.2 Å². The number of benzene rings is 2. The Hall–Kier alpha value is -2.69. The van der Waals surface area contributed by atoms with Crippen LogP contribution < -0.4 is 4.80 Å². The summed E-state index contributed by atoms with van der Waals surface area (Å²) in [6.07, 6.45) is 3.16. The summed E-state index contributed by atoms with van der Waals surface area (Å²) in [6.45, 7) is 8.37. The lowest BCUT2D eigenvalue weighted by molar-refractivity contribution is 0.0997. The first-order valence-corrected chi connectivity index (χ1v) is 12.8. The summed E-state index contributed by atoms with van der Waals surface area (Å²) in [4.78, 5) is 17.1. The van der Waals surface area contributed by atoms with E-state index in [0.29, 0.717) is 17.8 Å². The number of rotatable bonds is 9. The lowest BCUT2D eigenvalue weighted by Gasteiger charge is -2.20. The zero-order valence-electron chi connectivity index (χ0n) is 18.4. The SMILES string of the molecule is C=CCn1c(=NC(=O)c2ccc(S(=O)(=O)N(CC)CCCC)cc2)sc2cc(F)cc(F)c21. The number of thiazole rings is 1. The van der Waals surface area contributed by atoms with Crippen LogP contribution in [0.25, 0.3) is 10.2 Å². The number of hydrogen-bond donors (Lipinski definition) is 0. The lowest BCUT2D eigenvalue weighted by Crippen LogP contribution is -2.31. The molecule has 0 unspecified atom stereocenters. The van der Waals surface area contributed by atoms with Crippen molar-refractivity contribution >= 4 is 37.5 Å². The molecule has 0 bridgehead atoms. The van der Waals surface area contributed by atoms with Crippen LogP contribution in [0.2, 0.25) is 0 Å². The first kappa shape index (κ1) is 24.9. The number of halogens is 2. The number of allylic oxidation sites excluding steroid dienone is 1. The van der Waals surface area contributed by atoms with E-state index in [1.807, 2.05) is 6.92 Å². The minimum atomic E-state index is -3.66. The number of amides is 1. The van der Waals surface area contributed by atoms with Crippen LogP contribution in [0.5, 0.6) is 0 Å². The average Bonchev–Trinajstić information content (AvgIpc) is 3.11. The van der Waals surface area contributed by atoms with Gasteiger partial charge >= 0.3 is 0 Å². The van der Waals surface area contributed by atoms with Gasteiger partial charge in [-0.1, -0.05) is 37.7 Å². The second kappa shape index (κ2) is 10.5. The van der Waals surface area contributed by atoms with Crippen LogP contribution in [-0.2, 0) is 16.6 Å². The minimum Gasteiger partial charge on any atom is -0.310 e. The summed E-state index contributed by atoms with van der Waals surface area (Å²) in [6, 6.07) is 7.52. The Kier molecular flexibility index (Phi) is 7.93. The fraction of sp³-hybridized carbons (Fsp3) is 0.304. The third-order valence-electron chi connectivity index (χ3n) is 5.06. The highest BCUT2D eigenvalue weighted by Gasteiger charge is 2.23. The molecule has 1 heterocycles. The molecule has 0 radical (unpaired) electrons. The molecule has 33 heavy (non-hydrogen) atoms. The van der Waals surface area contributed by atoms with E-state index < -0.39 is 27.6 Å². The number of unbranched alkanes of at least 4 members (excludes halogenated alkanes) is 1. The van der Waals surface area contributed by atoms with Crippen LogP contribution in [0.3, 0.4) is 0 Å². The average molecular weight is 494 g/mol. The number of carbonyl (C=O) groups excluding carboxylic acids is 1. The van der Waals surface area contributed by atoms with E-state index >= 15 is 0 Å². The Labute approximate surface area is 195 Å². The fourth-order valence-electron chi connectivity index (χ4n) is 3.37.